The fraction of sp³-hybridized carbons (Fsp3) is 0.600. The Bertz CT molecular complexity index is 447. The van der Waals surface area contributed by atoms with E-state index in [4.69, 9.17) is 11.6 Å². The molecule has 1 atom stereocenters. The molecular formula is C15H22ClN3O. The zero-order chi connectivity index (χ0) is 14.5. The van der Waals surface area contributed by atoms with Crippen molar-refractivity contribution in [1.29, 1.82) is 0 Å². The first-order chi connectivity index (χ1) is 9.56. The normalized spacial score (nSPS) is 18.9. The predicted octanol–water partition coefficient (Wildman–Crippen LogP) is 2.82. The number of hydrogen-bond donors (Lipinski definition) is 0. The maximum atomic E-state index is 11.7. The number of rotatable bonds is 4. The molecule has 0 N–H and O–H groups in total. The molecule has 0 bridgehead atoms. The van der Waals surface area contributed by atoms with E-state index in [9.17, 15) is 4.79 Å². The highest BCUT2D eigenvalue weighted by Crippen LogP contribution is 2.25. The van der Waals surface area contributed by atoms with Crippen LogP contribution in [-0.2, 0) is 4.79 Å². The van der Waals surface area contributed by atoms with Crippen LogP contribution in [0.15, 0.2) is 18.3 Å². The molecule has 2 rings (SSSR count). The van der Waals surface area contributed by atoms with Gasteiger partial charge in [-0.15, -0.1) is 0 Å². The summed E-state index contributed by atoms with van der Waals surface area (Å²) in [4.78, 5) is 20.0. The monoisotopic (exact) mass is 295 g/mol. The number of anilines is 1. The molecule has 0 saturated carbocycles. The fourth-order valence-electron chi connectivity index (χ4n) is 2.62. The van der Waals surface area contributed by atoms with Crippen molar-refractivity contribution >= 4 is 23.3 Å². The van der Waals surface area contributed by atoms with Crippen molar-refractivity contribution in [2.75, 3.05) is 32.1 Å². The van der Waals surface area contributed by atoms with Crippen molar-refractivity contribution < 1.29 is 4.79 Å². The average molecular weight is 296 g/mol. The highest BCUT2D eigenvalue weighted by atomic mass is 35.5. The Morgan fingerprint density at radius 3 is 2.95 bits per heavy atom. The van der Waals surface area contributed by atoms with Crippen LogP contribution in [0.3, 0.4) is 0 Å². The number of carbonyl (C=O) groups is 1. The maximum absolute atomic E-state index is 11.7. The SMILES string of the molecule is CN(C)C(=O)CC[C@@H]1CCCN(c2ccc(Cl)cn2)C1. The second-order valence-electron chi connectivity index (χ2n) is 5.62. The van der Waals surface area contributed by atoms with E-state index in [1.807, 2.05) is 26.2 Å². The number of nitrogens with zero attached hydrogens (tertiary/aromatic N) is 3. The minimum atomic E-state index is 0.215. The quantitative estimate of drug-likeness (QED) is 0.857. The Hall–Kier alpha value is -1.29. The van der Waals surface area contributed by atoms with Gasteiger partial charge in [0.2, 0.25) is 5.91 Å². The van der Waals surface area contributed by atoms with Crippen molar-refractivity contribution in [2.24, 2.45) is 5.92 Å². The zero-order valence-corrected chi connectivity index (χ0v) is 12.9. The smallest absolute Gasteiger partial charge is 0.222 e. The van der Waals surface area contributed by atoms with Crippen LogP contribution in [-0.4, -0.2) is 43.0 Å². The molecule has 1 amide bonds. The lowest BCUT2D eigenvalue weighted by atomic mass is 9.93. The third kappa shape index (κ3) is 4.10. The van der Waals surface area contributed by atoms with Crippen molar-refractivity contribution in [2.45, 2.75) is 25.7 Å². The van der Waals surface area contributed by atoms with Gasteiger partial charge in [-0.2, -0.15) is 0 Å². The molecule has 110 valence electrons. The summed E-state index contributed by atoms with van der Waals surface area (Å²) in [7, 11) is 3.63. The summed E-state index contributed by atoms with van der Waals surface area (Å²) in [6, 6.07) is 3.85. The molecule has 1 saturated heterocycles. The van der Waals surface area contributed by atoms with Gasteiger partial charge in [0.15, 0.2) is 0 Å². The Morgan fingerprint density at radius 2 is 2.30 bits per heavy atom. The highest BCUT2D eigenvalue weighted by Gasteiger charge is 2.21. The molecule has 0 unspecified atom stereocenters. The second kappa shape index (κ2) is 6.93. The van der Waals surface area contributed by atoms with Gasteiger partial charge in [-0.3, -0.25) is 4.79 Å². The van der Waals surface area contributed by atoms with Crippen LogP contribution < -0.4 is 4.90 Å². The molecule has 1 aromatic rings. The first-order valence-electron chi connectivity index (χ1n) is 7.13. The number of amides is 1. The molecule has 0 spiro atoms. The van der Waals surface area contributed by atoms with E-state index in [0.29, 0.717) is 17.4 Å². The molecule has 1 aliphatic heterocycles. The molecule has 0 aliphatic carbocycles. The van der Waals surface area contributed by atoms with Crippen LogP contribution in [0.25, 0.3) is 0 Å². The molecule has 5 heteroatoms. The van der Waals surface area contributed by atoms with Crippen LogP contribution in [0.1, 0.15) is 25.7 Å². The summed E-state index contributed by atoms with van der Waals surface area (Å²) in [5, 5.41) is 0.666. The summed E-state index contributed by atoms with van der Waals surface area (Å²) in [5.41, 5.74) is 0. The van der Waals surface area contributed by atoms with Gasteiger partial charge in [-0.05, 0) is 37.3 Å². The molecular weight excluding hydrogens is 274 g/mol. The molecule has 4 nitrogen and oxygen atoms in total. The van der Waals surface area contributed by atoms with E-state index in [1.54, 1.807) is 11.1 Å². The predicted molar refractivity (Wildman–Crippen MR) is 82.1 cm³/mol. The maximum Gasteiger partial charge on any atom is 0.222 e. The number of aromatic nitrogens is 1. The van der Waals surface area contributed by atoms with Gasteiger partial charge in [0.25, 0.3) is 0 Å². The van der Waals surface area contributed by atoms with Crippen LogP contribution in [0.2, 0.25) is 5.02 Å². The Kier molecular flexibility index (Phi) is 5.24. The summed E-state index contributed by atoms with van der Waals surface area (Å²) < 4.78 is 0. The largest absolute Gasteiger partial charge is 0.356 e. The second-order valence-corrected chi connectivity index (χ2v) is 6.05. The van der Waals surface area contributed by atoms with Gasteiger partial charge in [-0.1, -0.05) is 11.6 Å². The average Bonchev–Trinajstić information content (AvgIpc) is 2.45. The van der Waals surface area contributed by atoms with Gasteiger partial charge in [-0.25, -0.2) is 4.98 Å². The molecule has 1 aliphatic rings. The summed E-state index contributed by atoms with van der Waals surface area (Å²) in [6.07, 6.45) is 5.65. The van der Waals surface area contributed by atoms with E-state index >= 15 is 0 Å². The van der Waals surface area contributed by atoms with Gasteiger partial charge in [0.05, 0.1) is 5.02 Å². The highest BCUT2D eigenvalue weighted by molar-refractivity contribution is 6.30. The molecule has 0 radical (unpaired) electrons. The minimum Gasteiger partial charge on any atom is -0.356 e. The van der Waals surface area contributed by atoms with Crippen molar-refractivity contribution in [3.8, 4) is 0 Å². The van der Waals surface area contributed by atoms with Gasteiger partial charge in [0, 0.05) is 39.8 Å². The molecule has 0 aromatic carbocycles. The van der Waals surface area contributed by atoms with Gasteiger partial charge in [0.1, 0.15) is 5.82 Å². The standard InChI is InChI=1S/C15H22ClN3O/c1-18(2)15(20)8-5-12-4-3-9-19(11-12)14-7-6-13(16)10-17-14/h6-7,10,12H,3-5,8-9,11H2,1-2H3/t12-/m0/s1. The van der Waals surface area contributed by atoms with E-state index in [2.05, 4.69) is 9.88 Å². The Morgan fingerprint density at radius 1 is 1.50 bits per heavy atom. The fourth-order valence-corrected chi connectivity index (χ4v) is 2.73. The lowest BCUT2D eigenvalue weighted by Gasteiger charge is -2.33. The summed E-state index contributed by atoms with van der Waals surface area (Å²) in [5.74, 6) is 1.77. The number of pyridine rings is 1. The first-order valence-corrected chi connectivity index (χ1v) is 7.50. The number of piperidine rings is 1. The van der Waals surface area contributed by atoms with Crippen LogP contribution in [0.5, 0.6) is 0 Å². The third-order valence-electron chi connectivity index (χ3n) is 3.82. The van der Waals surface area contributed by atoms with E-state index in [-0.39, 0.29) is 5.91 Å². The Balaban J connectivity index is 1.88. The van der Waals surface area contributed by atoms with E-state index in [1.165, 1.54) is 6.42 Å². The minimum absolute atomic E-state index is 0.215. The number of carbonyl (C=O) groups excluding carboxylic acids is 1. The van der Waals surface area contributed by atoms with Crippen LogP contribution in [0.4, 0.5) is 5.82 Å². The van der Waals surface area contributed by atoms with E-state index < -0.39 is 0 Å². The molecule has 1 aromatic heterocycles. The lowest BCUT2D eigenvalue weighted by Crippen LogP contribution is -2.36. The number of halogens is 1. The first kappa shape index (κ1) is 15.1. The third-order valence-corrected chi connectivity index (χ3v) is 4.04. The van der Waals surface area contributed by atoms with Gasteiger partial charge >= 0.3 is 0 Å². The summed E-state index contributed by atoms with van der Waals surface area (Å²) >= 11 is 5.87. The lowest BCUT2D eigenvalue weighted by molar-refractivity contribution is -0.129. The molecule has 2 heterocycles. The van der Waals surface area contributed by atoms with Crippen molar-refractivity contribution in [1.82, 2.24) is 9.88 Å². The zero-order valence-electron chi connectivity index (χ0n) is 12.2. The van der Waals surface area contributed by atoms with Crippen LogP contribution >= 0.6 is 11.6 Å². The van der Waals surface area contributed by atoms with Crippen molar-refractivity contribution in [3.05, 3.63) is 23.4 Å². The molecule has 1 fully saturated rings. The Labute approximate surface area is 125 Å². The molecule has 20 heavy (non-hydrogen) atoms. The summed E-state index contributed by atoms with van der Waals surface area (Å²) in [6.45, 7) is 2.02. The van der Waals surface area contributed by atoms with Gasteiger partial charge < -0.3 is 9.80 Å². The topological polar surface area (TPSA) is 36.4 Å². The van der Waals surface area contributed by atoms with E-state index in [0.717, 1.165) is 31.7 Å². The van der Waals surface area contributed by atoms with Crippen LogP contribution in [0, 0.1) is 5.92 Å². The van der Waals surface area contributed by atoms with Crippen molar-refractivity contribution in [3.63, 3.8) is 0 Å². The number of hydrogen-bond acceptors (Lipinski definition) is 3.